The highest BCUT2D eigenvalue weighted by Gasteiger charge is 2.30. The molecule has 0 unspecified atom stereocenters. The summed E-state index contributed by atoms with van der Waals surface area (Å²) in [5.74, 6) is 0.794. The van der Waals surface area contributed by atoms with Gasteiger partial charge in [0.1, 0.15) is 6.10 Å². The van der Waals surface area contributed by atoms with Crippen molar-refractivity contribution < 1.29 is 33.6 Å². The minimum atomic E-state index is -0.638. The summed E-state index contributed by atoms with van der Waals surface area (Å²) >= 11 is 0. The van der Waals surface area contributed by atoms with E-state index in [4.69, 9.17) is 18.9 Å². The Kier molecular flexibility index (Phi) is 5.98. The van der Waals surface area contributed by atoms with Crippen LogP contribution in [0.1, 0.15) is 16.8 Å². The molecule has 2 N–H and O–H groups in total. The number of hydrogen-bond donors (Lipinski definition) is 2. The van der Waals surface area contributed by atoms with Crippen molar-refractivity contribution in [3.63, 3.8) is 0 Å². The van der Waals surface area contributed by atoms with E-state index in [0.29, 0.717) is 43.4 Å². The van der Waals surface area contributed by atoms with E-state index < -0.39 is 18.2 Å². The average Bonchev–Trinajstić information content (AvgIpc) is 3.23. The molecule has 2 amide bonds. The van der Waals surface area contributed by atoms with Crippen LogP contribution < -0.4 is 14.8 Å². The molecule has 3 heterocycles. The number of hydrogen-bond acceptors (Lipinski definition) is 7. The van der Waals surface area contributed by atoms with E-state index >= 15 is 0 Å². The highest BCUT2D eigenvalue weighted by molar-refractivity contribution is 5.95. The second-order valence-electron chi connectivity index (χ2n) is 7.05. The van der Waals surface area contributed by atoms with Crippen molar-refractivity contribution in [2.75, 3.05) is 39.7 Å². The maximum absolute atomic E-state index is 12.6. The minimum Gasteiger partial charge on any atom is -0.454 e. The van der Waals surface area contributed by atoms with Gasteiger partial charge in [-0.3, -0.25) is 9.59 Å². The number of benzene rings is 1. The maximum Gasteiger partial charge on any atom is 0.251 e. The van der Waals surface area contributed by atoms with Crippen LogP contribution >= 0.6 is 0 Å². The van der Waals surface area contributed by atoms with E-state index in [1.165, 1.54) is 0 Å². The molecule has 3 aliphatic rings. The van der Waals surface area contributed by atoms with Gasteiger partial charge in [0.05, 0.1) is 38.4 Å². The van der Waals surface area contributed by atoms with Gasteiger partial charge in [0.2, 0.25) is 12.7 Å². The standard InChI is InChI=1S/C20H24N2O7/c23-11-18-15(21-20(25)13-1-4-16-17(9-13)28-12-27-16)3-2-14(29-18)10-19(24)22-5-7-26-8-6-22/h1-4,9,14-15,18,23H,5-8,10-12H2,(H,21,25)/t14-,15-,18-/m1/s1. The molecule has 0 radical (unpaired) electrons. The van der Waals surface area contributed by atoms with Crippen LogP contribution in [0.3, 0.4) is 0 Å². The van der Waals surface area contributed by atoms with Gasteiger partial charge in [0.15, 0.2) is 11.5 Å². The van der Waals surface area contributed by atoms with Crippen LogP contribution in [-0.4, -0.2) is 79.8 Å². The summed E-state index contributed by atoms with van der Waals surface area (Å²) in [7, 11) is 0. The summed E-state index contributed by atoms with van der Waals surface area (Å²) in [6.07, 6.45) is 2.64. The summed E-state index contributed by atoms with van der Waals surface area (Å²) in [5.41, 5.74) is 0.420. The lowest BCUT2D eigenvalue weighted by Crippen LogP contribution is -2.49. The van der Waals surface area contributed by atoms with Crippen molar-refractivity contribution in [1.29, 1.82) is 0 Å². The second-order valence-corrected chi connectivity index (χ2v) is 7.05. The lowest BCUT2D eigenvalue weighted by molar-refractivity contribution is -0.139. The molecule has 156 valence electrons. The Bertz CT molecular complexity index is 791. The molecule has 0 spiro atoms. The molecule has 9 heteroatoms. The quantitative estimate of drug-likeness (QED) is 0.670. The lowest BCUT2D eigenvalue weighted by atomic mass is 10.0. The van der Waals surface area contributed by atoms with Gasteiger partial charge in [-0.25, -0.2) is 0 Å². The summed E-state index contributed by atoms with van der Waals surface area (Å²) in [6.45, 7) is 2.09. The number of fused-ring (bicyclic) bond motifs is 1. The molecule has 0 saturated carbocycles. The molecular weight excluding hydrogens is 380 g/mol. The van der Waals surface area contributed by atoms with Crippen molar-refractivity contribution >= 4 is 11.8 Å². The summed E-state index contributed by atoms with van der Waals surface area (Å²) in [6, 6.07) is 4.44. The molecule has 1 fully saturated rings. The Labute approximate surface area is 168 Å². The number of carbonyl (C=O) groups is 2. The Morgan fingerprint density at radius 1 is 1.14 bits per heavy atom. The molecule has 0 aromatic heterocycles. The highest BCUT2D eigenvalue weighted by atomic mass is 16.7. The van der Waals surface area contributed by atoms with Gasteiger partial charge in [0, 0.05) is 18.7 Å². The number of aliphatic hydroxyl groups is 1. The van der Waals surface area contributed by atoms with Gasteiger partial charge in [-0.1, -0.05) is 12.2 Å². The number of morpholine rings is 1. The fraction of sp³-hybridized carbons (Fsp3) is 0.500. The fourth-order valence-corrected chi connectivity index (χ4v) is 3.52. The molecule has 4 rings (SSSR count). The first-order chi connectivity index (χ1) is 14.1. The Hall–Kier alpha value is -2.62. The maximum atomic E-state index is 12.6. The van der Waals surface area contributed by atoms with Crippen molar-refractivity contribution in [3.8, 4) is 11.5 Å². The molecule has 29 heavy (non-hydrogen) atoms. The van der Waals surface area contributed by atoms with Crippen LogP contribution in [0.25, 0.3) is 0 Å². The van der Waals surface area contributed by atoms with Gasteiger partial charge >= 0.3 is 0 Å². The van der Waals surface area contributed by atoms with Gasteiger partial charge < -0.3 is 34.3 Å². The smallest absolute Gasteiger partial charge is 0.251 e. The highest BCUT2D eigenvalue weighted by Crippen LogP contribution is 2.32. The van der Waals surface area contributed by atoms with Crippen LogP contribution in [0.15, 0.2) is 30.4 Å². The average molecular weight is 404 g/mol. The SMILES string of the molecule is O=C(N[C@@H]1C=C[C@H](CC(=O)N2CCOCC2)O[C@@H]1CO)c1ccc2c(c1)OCO2. The van der Waals surface area contributed by atoms with Gasteiger partial charge in [0.25, 0.3) is 5.91 Å². The predicted molar refractivity (Wildman–Crippen MR) is 101 cm³/mol. The monoisotopic (exact) mass is 404 g/mol. The van der Waals surface area contributed by atoms with E-state index in [9.17, 15) is 14.7 Å². The number of nitrogens with one attached hydrogen (secondary N) is 1. The van der Waals surface area contributed by atoms with Crippen LogP contribution in [-0.2, 0) is 14.3 Å². The normalized spacial score (nSPS) is 25.7. The fourth-order valence-electron chi connectivity index (χ4n) is 3.52. The second kappa shape index (κ2) is 8.81. The molecule has 3 aliphatic heterocycles. The summed E-state index contributed by atoms with van der Waals surface area (Å²) < 4.78 is 21.7. The summed E-state index contributed by atoms with van der Waals surface area (Å²) in [5, 5.41) is 12.6. The zero-order valence-electron chi connectivity index (χ0n) is 15.9. The first-order valence-corrected chi connectivity index (χ1v) is 9.64. The van der Waals surface area contributed by atoms with E-state index in [1.54, 1.807) is 35.3 Å². The molecule has 1 aromatic rings. The van der Waals surface area contributed by atoms with Crippen molar-refractivity contribution in [2.45, 2.75) is 24.7 Å². The van der Waals surface area contributed by atoms with Crippen LogP contribution in [0, 0.1) is 0 Å². The summed E-state index contributed by atoms with van der Waals surface area (Å²) in [4.78, 5) is 26.7. The van der Waals surface area contributed by atoms with Crippen LogP contribution in [0.2, 0.25) is 0 Å². The largest absolute Gasteiger partial charge is 0.454 e. The number of aliphatic hydroxyl groups excluding tert-OH is 1. The van der Waals surface area contributed by atoms with E-state index in [1.807, 2.05) is 0 Å². The van der Waals surface area contributed by atoms with Crippen molar-refractivity contribution in [2.24, 2.45) is 0 Å². The molecule has 0 bridgehead atoms. The Morgan fingerprint density at radius 2 is 1.93 bits per heavy atom. The first-order valence-electron chi connectivity index (χ1n) is 9.64. The van der Waals surface area contributed by atoms with Crippen molar-refractivity contribution in [1.82, 2.24) is 10.2 Å². The third kappa shape index (κ3) is 4.52. The minimum absolute atomic E-state index is 0.0116. The van der Waals surface area contributed by atoms with Crippen molar-refractivity contribution in [3.05, 3.63) is 35.9 Å². The zero-order chi connectivity index (χ0) is 20.2. The first kappa shape index (κ1) is 19.7. The third-order valence-corrected chi connectivity index (χ3v) is 5.14. The zero-order valence-corrected chi connectivity index (χ0v) is 15.9. The number of rotatable bonds is 5. The van der Waals surface area contributed by atoms with E-state index in [2.05, 4.69) is 5.32 Å². The molecule has 1 saturated heterocycles. The number of ether oxygens (including phenoxy) is 4. The van der Waals surface area contributed by atoms with Crippen LogP contribution in [0.4, 0.5) is 0 Å². The lowest BCUT2D eigenvalue weighted by Gasteiger charge is -2.33. The van der Waals surface area contributed by atoms with Crippen LogP contribution in [0.5, 0.6) is 11.5 Å². The predicted octanol–water partition coefficient (Wildman–Crippen LogP) is 0.0785. The van der Waals surface area contributed by atoms with E-state index in [0.717, 1.165) is 0 Å². The van der Waals surface area contributed by atoms with Gasteiger partial charge in [-0.15, -0.1) is 0 Å². The molecule has 0 aliphatic carbocycles. The molecule has 9 nitrogen and oxygen atoms in total. The molecular formula is C20H24N2O7. The number of amides is 2. The van der Waals surface area contributed by atoms with Gasteiger partial charge in [-0.2, -0.15) is 0 Å². The third-order valence-electron chi connectivity index (χ3n) is 5.14. The number of carbonyl (C=O) groups excluding carboxylic acids is 2. The van der Waals surface area contributed by atoms with Gasteiger partial charge in [-0.05, 0) is 18.2 Å². The molecule has 1 aromatic carbocycles. The topological polar surface area (TPSA) is 107 Å². The number of nitrogens with zero attached hydrogens (tertiary/aromatic N) is 1. The Morgan fingerprint density at radius 3 is 2.72 bits per heavy atom. The molecule has 3 atom stereocenters. The van der Waals surface area contributed by atoms with E-state index in [-0.39, 0.29) is 31.6 Å². The Balaban J connectivity index is 1.36.